The molecule has 0 radical (unpaired) electrons. The maximum atomic E-state index is 13.7. The fourth-order valence-electron chi connectivity index (χ4n) is 8.10. The van der Waals surface area contributed by atoms with Gasteiger partial charge in [0.15, 0.2) is 0 Å². The monoisotopic (exact) mass is 604 g/mol. The highest BCUT2D eigenvalue weighted by molar-refractivity contribution is 5.93. The normalized spacial score (nSPS) is 26.3. The Bertz CT molecular complexity index is 1520. The van der Waals surface area contributed by atoms with Crippen molar-refractivity contribution in [1.29, 1.82) is 0 Å². The summed E-state index contributed by atoms with van der Waals surface area (Å²) in [6.45, 7) is 8.22. The van der Waals surface area contributed by atoms with Gasteiger partial charge in [0.1, 0.15) is 23.7 Å². The Morgan fingerprint density at radius 1 is 1.02 bits per heavy atom. The Morgan fingerprint density at radius 2 is 1.80 bits per heavy atom. The summed E-state index contributed by atoms with van der Waals surface area (Å²) in [5, 5.41) is 1.23. The third kappa shape index (κ3) is 5.34. The molecule has 1 aromatic heterocycles. The first-order valence-electron chi connectivity index (χ1n) is 15.8. The van der Waals surface area contributed by atoms with Crippen LogP contribution in [-0.4, -0.2) is 75.1 Å². The lowest BCUT2D eigenvalue weighted by atomic mass is 9.63. The summed E-state index contributed by atoms with van der Waals surface area (Å²) < 4.78 is 28.9. The number of nitrogens with one attached hydrogen (secondary N) is 1. The van der Waals surface area contributed by atoms with Gasteiger partial charge in [0.05, 0.1) is 38.3 Å². The lowest BCUT2D eigenvalue weighted by Crippen LogP contribution is -2.58. The van der Waals surface area contributed by atoms with Crippen molar-refractivity contribution >= 4 is 22.8 Å². The van der Waals surface area contributed by atoms with Crippen molar-refractivity contribution in [2.75, 3.05) is 41.0 Å². The molecule has 1 saturated carbocycles. The van der Waals surface area contributed by atoms with Crippen molar-refractivity contribution in [3.63, 3.8) is 0 Å². The Labute approximate surface area is 259 Å². The number of benzene rings is 2. The molecule has 0 amide bonds. The molecule has 3 aromatic rings. The summed E-state index contributed by atoms with van der Waals surface area (Å²) >= 11 is 0. The molecule has 2 aliphatic heterocycles. The van der Waals surface area contributed by atoms with E-state index < -0.39 is 24.1 Å². The maximum absolute atomic E-state index is 13.7. The molecule has 1 aliphatic carbocycles. The number of piperidine rings is 1. The van der Waals surface area contributed by atoms with Gasteiger partial charge in [0.25, 0.3) is 0 Å². The van der Waals surface area contributed by atoms with Crippen LogP contribution in [0.2, 0.25) is 0 Å². The number of hydrogen-bond donors (Lipinski definition) is 1. The van der Waals surface area contributed by atoms with Gasteiger partial charge < -0.3 is 28.7 Å². The van der Waals surface area contributed by atoms with Crippen LogP contribution in [0.3, 0.4) is 0 Å². The first-order chi connectivity index (χ1) is 21.3. The average molecular weight is 605 g/mol. The van der Waals surface area contributed by atoms with E-state index in [0.29, 0.717) is 18.6 Å². The predicted molar refractivity (Wildman–Crippen MR) is 166 cm³/mol. The molecule has 3 heterocycles. The van der Waals surface area contributed by atoms with E-state index in [1.54, 1.807) is 14.2 Å². The van der Waals surface area contributed by atoms with E-state index in [1.165, 1.54) is 23.8 Å². The average Bonchev–Trinajstić information content (AvgIpc) is 3.39. The van der Waals surface area contributed by atoms with Crippen molar-refractivity contribution in [3.8, 4) is 11.5 Å². The van der Waals surface area contributed by atoms with E-state index in [4.69, 9.17) is 23.7 Å². The molecule has 236 valence electrons. The molecule has 2 aromatic carbocycles. The first kappa shape index (κ1) is 30.5. The van der Waals surface area contributed by atoms with Gasteiger partial charge in [-0.1, -0.05) is 6.92 Å². The summed E-state index contributed by atoms with van der Waals surface area (Å²) in [6.07, 6.45) is 2.08. The second kappa shape index (κ2) is 12.4. The molecule has 0 spiro atoms. The standard InChI is InChI=1S/C35H44N2O7/c1-7-12-43-23-13-19(2)30(20(3)14-23)35(39)44-29-15-21-18-37-11-10-25-24-9-8-22(40-4)16-27(24)36-32(25)28(37)17-26(21)31(33(29)41-5)34(38)42-6/h8-9,13-14,16,21,26,28-29,31,33,36H,7,10-12,15,17-18H2,1-6H3/t21-,26+,28+,29+,31+,33-/m1/s1. The zero-order chi connectivity index (χ0) is 31.1. The van der Waals surface area contributed by atoms with Crippen molar-refractivity contribution < 1.29 is 33.3 Å². The van der Waals surface area contributed by atoms with E-state index in [0.717, 1.165) is 60.5 Å². The number of aromatic nitrogens is 1. The van der Waals surface area contributed by atoms with Crippen LogP contribution in [0, 0.1) is 31.6 Å². The molecule has 3 aliphatic rings. The molecule has 0 unspecified atom stereocenters. The smallest absolute Gasteiger partial charge is 0.339 e. The van der Waals surface area contributed by atoms with E-state index >= 15 is 0 Å². The number of esters is 2. The number of hydrogen-bond acceptors (Lipinski definition) is 8. The molecule has 6 atom stereocenters. The number of ether oxygens (including phenoxy) is 5. The van der Waals surface area contributed by atoms with Gasteiger partial charge in [-0.25, -0.2) is 4.79 Å². The Balaban J connectivity index is 1.28. The predicted octanol–water partition coefficient (Wildman–Crippen LogP) is 5.55. The summed E-state index contributed by atoms with van der Waals surface area (Å²) in [6, 6.07) is 10.1. The molecular weight excluding hydrogens is 560 g/mol. The Hall–Kier alpha value is -3.56. The second-order valence-corrected chi connectivity index (χ2v) is 12.6. The topological polar surface area (TPSA) is 99.3 Å². The largest absolute Gasteiger partial charge is 0.497 e. The number of carbonyl (C=O) groups is 2. The minimum absolute atomic E-state index is 0.0222. The lowest BCUT2D eigenvalue weighted by Gasteiger charge is -2.52. The maximum Gasteiger partial charge on any atom is 0.339 e. The molecule has 6 rings (SSSR count). The summed E-state index contributed by atoms with van der Waals surface area (Å²) in [4.78, 5) is 33.4. The molecule has 2 fully saturated rings. The van der Waals surface area contributed by atoms with Crippen LogP contribution in [0.1, 0.15) is 65.0 Å². The number of H-pyrrole nitrogens is 1. The van der Waals surface area contributed by atoms with Gasteiger partial charge in [-0.15, -0.1) is 0 Å². The van der Waals surface area contributed by atoms with E-state index in [-0.39, 0.29) is 23.8 Å². The zero-order valence-corrected chi connectivity index (χ0v) is 26.6. The Kier molecular flexibility index (Phi) is 8.61. The molecular formula is C35H44N2O7. The van der Waals surface area contributed by atoms with Crippen molar-refractivity contribution in [1.82, 2.24) is 9.88 Å². The van der Waals surface area contributed by atoms with Gasteiger partial charge in [0, 0.05) is 42.9 Å². The molecule has 44 heavy (non-hydrogen) atoms. The van der Waals surface area contributed by atoms with Gasteiger partial charge in [-0.2, -0.15) is 0 Å². The summed E-state index contributed by atoms with van der Waals surface area (Å²) in [7, 11) is 4.70. The fourth-order valence-corrected chi connectivity index (χ4v) is 8.10. The van der Waals surface area contributed by atoms with Crippen LogP contribution >= 0.6 is 0 Å². The van der Waals surface area contributed by atoms with Gasteiger partial charge >= 0.3 is 11.9 Å². The quantitative estimate of drug-likeness (QED) is 0.334. The van der Waals surface area contributed by atoms with Crippen LogP contribution in [0.15, 0.2) is 30.3 Å². The highest BCUT2D eigenvalue weighted by Crippen LogP contribution is 2.50. The zero-order valence-electron chi connectivity index (χ0n) is 26.6. The third-order valence-corrected chi connectivity index (χ3v) is 10.0. The van der Waals surface area contributed by atoms with Gasteiger partial charge in [-0.05, 0) is 92.3 Å². The number of rotatable bonds is 8. The van der Waals surface area contributed by atoms with Crippen LogP contribution in [0.25, 0.3) is 10.9 Å². The highest BCUT2D eigenvalue weighted by Gasteiger charge is 2.54. The van der Waals surface area contributed by atoms with Crippen LogP contribution in [0.4, 0.5) is 0 Å². The molecule has 9 nitrogen and oxygen atoms in total. The van der Waals surface area contributed by atoms with E-state index in [1.807, 2.05) is 32.0 Å². The van der Waals surface area contributed by atoms with Crippen LogP contribution in [-0.2, 0) is 25.4 Å². The first-order valence-corrected chi connectivity index (χ1v) is 15.8. The third-order valence-electron chi connectivity index (χ3n) is 10.0. The van der Waals surface area contributed by atoms with Crippen molar-refractivity contribution in [2.24, 2.45) is 17.8 Å². The number of nitrogens with zero attached hydrogens (tertiary/aromatic N) is 1. The minimum atomic E-state index is -0.609. The van der Waals surface area contributed by atoms with Crippen molar-refractivity contribution in [3.05, 3.63) is 58.3 Å². The van der Waals surface area contributed by atoms with Gasteiger partial charge in [0.2, 0.25) is 0 Å². The number of fused-ring (bicyclic) bond motifs is 6. The lowest BCUT2D eigenvalue weighted by molar-refractivity contribution is -0.176. The van der Waals surface area contributed by atoms with Crippen molar-refractivity contribution in [2.45, 2.75) is 64.7 Å². The summed E-state index contributed by atoms with van der Waals surface area (Å²) in [5.41, 5.74) is 5.77. The second-order valence-electron chi connectivity index (χ2n) is 12.6. The fraction of sp³-hybridized carbons (Fsp3) is 0.543. The van der Waals surface area contributed by atoms with Gasteiger partial charge in [-0.3, -0.25) is 9.69 Å². The highest BCUT2D eigenvalue weighted by atomic mass is 16.6. The minimum Gasteiger partial charge on any atom is -0.497 e. The number of aryl methyl sites for hydroxylation is 2. The molecule has 9 heteroatoms. The number of carbonyl (C=O) groups excluding carboxylic acids is 2. The molecule has 0 bridgehead atoms. The van der Waals surface area contributed by atoms with Crippen LogP contribution < -0.4 is 9.47 Å². The van der Waals surface area contributed by atoms with E-state index in [9.17, 15) is 9.59 Å². The van der Waals surface area contributed by atoms with Crippen LogP contribution in [0.5, 0.6) is 11.5 Å². The number of aromatic amines is 1. The Morgan fingerprint density at radius 3 is 2.48 bits per heavy atom. The SMILES string of the molecule is CCCOc1cc(C)c(C(=O)O[C@H]2C[C@@H]3CN4CCc5c([nH]c6cc(OC)ccc56)[C@@H]4C[C@@H]3[C@H](C(=O)OC)[C@@H]2OC)c(C)c1. The number of methoxy groups -OCH3 is 3. The molecule has 1 N–H and O–H groups in total. The van der Waals surface area contributed by atoms with E-state index in [2.05, 4.69) is 28.9 Å². The summed E-state index contributed by atoms with van der Waals surface area (Å²) in [5.74, 6) is 0.473. The molecule has 1 saturated heterocycles.